The molecule has 0 saturated carbocycles. The first-order chi connectivity index (χ1) is 18.6. The molecule has 0 fully saturated rings. The number of unbranched alkanes of at least 4 members (excludes halogenated alkanes) is 14. The normalized spacial score (nSPS) is 11.9. The maximum Gasteiger partial charge on any atom is 0.306 e. The quantitative estimate of drug-likeness (QED) is 0.114. The Hall–Kier alpha value is -2.29. The van der Waals surface area contributed by atoms with Crippen LogP contribution >= 0.6 is 0 Å². The van der Waals surface area contributed by atoms with E-state index in [0.717, 1.165) is 48.3 Å². The van der Waals surface area contributed by atoms with Crippen molar-refractivity contribution >= 4 is 5.97 Å². The third-order valence-electron chi connectivity index (χ3n) is 7.38. The number of carbonyl (C=O) groups is 1. The molecule has 38 heavy (non-hydrogen) atoms. The SMILES string of the molecule is CCCCCCCCCCCCOc1ccc(-c2ccc(C(C)OC(=O)CCCCCCCC)cc2)cc1. The molecule has 1 unspecified atom stereocenters. The lowest BCUT2D eigenvalue weighted by atomic mass is 10.0. The molecule has 0 bridgehead atoms. The Morgan fingerprint density at radius 2 is 1.05 bits per heavy atom. The summed E-state index contributed by atoms with van der Waals surface area (Å²) < 4.78 is 11.6. The summed E-state index contributed by atoms with van der Waals surface area (Å²) >= 11 is 0. The van der Waals surface area contributed by atoms with Crippen molar-refractivity contribution in [2.24, 2.45) is 0 Å². The fourth-order valence-corrected chi connectivity index (χ4v) is 4.84. The summed E-state index contributed by atoms with van der Waals surface area (Å²) in [7, 11) is 0. The van der Waals surface area contributed by atoms with E-state index in [1.165, 1.54) is 83.5 Å². The van der Waals surface area contributed by atoms with E-state index in [-0.39, 0.29) is 12.1 Å². The average molecular weight is 523 g/mol. The second-order valence-corrected chi connectivity index (χ2v) is 10.8. The van der Waals surface area contributed by atoms with Gasteiger partial charge >= 0.3 is 5.97 Å². The molecular weight excluding hydrogens is 468 g/mol. The number of ether oxygens (including phenoxy) is 2. The third kappa shape index (κ3) is 14.0. The zero-order chi connectivity index (χ0) is 27.3. The summed E-state index contributed by atoms with van der Waals surface area (Å²) in [6.45, 7) is 7.24. The van der Waals surface area contributed by atoms with Crippen molar-refractivity contribution in [1.29, 1.82) is 0 Å². The molecule has 0 spiro atoms. The standard InChI is InChI=1S/C35H54O3/c1-4-6-8-10-12-13-14-15-17-19-29-37-34-27-25-33(26-28-34)32-23-21-31(22-24-32)30(3)38-35(36)20-18-16-11-9-7-5-2/h21-28,30H,4-20,29H2,1-3H3. The summed E-state index contributed by atoms with van der Waals surface area (Å²) in [5, 5.41) is 0. The Bertz CT molecular complexity index is 840. The lowest BCUT2D eigenvalue weighted by Gasteiger charge is -2.14. The van der Waals surface area contributed by atoms with Gasteiger partial charge in [0.2, 0.25) is 0 Å². The molecule has 3 heteroatoms. The Morgan fingerprint density at radius 1 is 0.605 bits per heavy atom. The fraction of sp³-hybridized carbons (Fsp3) is 0.629. The van der Waals surface area contributed by atoms with Crippen LogP contribution < -0.4 is 4.74 Å². The van der Waals surface area contributed by atoms with Crippen molar-refractivity contribution in [1.82, 2.24) is 0 Å². The molecule has 0 amide bonds. The molecule has 212 valence electrons. The molecule has 0 aliphatic heterocycles. The van der Waals surface area contributed by atoms with E-state index in [4.69, 9.17) is 9.47 Å². The van der Waals surface area contributed by atoms with E-state index < -0.39 is 0 Å². The largest absolute Gasteiger partial charge is 0.494 e. The molecule has 0 saturated heterocycles. The number of benzene rings is 2. The van der Waals surface area contributed by atoms with Crippen LogP contribution in [-0.2, 0) is 9.53 Å². The maximum absolute atomic E-state index is 12.2. The van der Waals surface area contributed by atoms with Crippen molar-refractivity contribution in [3.05, 3.63) is 54.1 Å². The van der Waals surface area contributed by atoms with Crippen LogP contribution in [0.3, 0.4) is 0 Å². The van der Waals surface area contributed by atoms with Gasteiger partial charge < -0.3 is 9.47 Å². The highest BCUT2D eigenvalue weighted by molar-refractivity contribution is 5.70. The highest BCUT2D eigenvalue weighted by atomic mass is 16.5. The predicted octanol–water partition coefficient (Wildman–Crippen LogP) is 11.0. The van der Waals surface area contributed by atoms with E-state index >= 15 is 0 Å². The van der Waals surface area contributed by atoms with Crippen LogP contribution in [0.4, 0.5) is 0 Å². The van der Waals surface area contributed by atoms with Gasteiger partial charge in [0.25, 0.3) is 0 Å². The molecule has 2 rings (SSSR count). The van der Waals surface area contributed by atoms with Gasteiger partial charge in [-0.05, 0) is 48.6 Å². The molecule has 0 aliphatic carbocycles. The molecule has 0 aliphatic rings. The van der Waals surface area contributed by atoms with Gasteiger partial charge in [0.15, 0.2) is 0 Å². The molecule has 3 nitrogen and oxygen atoms in total. The zero-order valence-corrected chi connectivity index (χ0v) is 24.6. The van der Waals surface area contributed by atoms with Gasteiger partial charge in [-0.3, -0.25) is 4.79 Å². The monoisotopic (exact) mass is 522 g/mol. The van der Waals surface area contributed by atoms with Gasteiger partial charge in [0, 0.05) is 6.42 Å². The lowest BCUT2D eigenvalue weighted by molar-refractivity contribution is -0.148. The second kappa shape index (κ2) is 20.6. The molecule has 0 radical (unpaired) electrons. The van der Waals surface area contributed by atoms with Crippen LogP contribution in [0.5, 0.6) is 5.75 Å². The molecular formula is C35H54O3. The average Bonchev–Trinajstić information content (AvgIpc) is 2.94. The topological polar surface area (TPSA) is 35.5 Å². The smallest absolute Gasteiger partial charge is 0.306 e. The molecule has 0 heterocycles. The van der Waals surface area contributed by atoms with E-state index in [2.05, 4.69) is 62.4 Å². The summed E-state index contributed by atoms with van der Waals surface area (Å²) in [4.78, 5) is 12.2. The zero-order valence-electron chi connectivity index (χ0n) is 24.6. The van der Waals surface area contributed by atoms with Gasteiger partial charge in [0.1, 0.15) is 11.9 Å². The van der Waals surface area contributed by atoms with Crippen molar-refractivity contribution in [3.63, 3.8) is 0 Å². The first-order valence-corrected chi connectivity index (χ1v) is 15.7. The number of carbonyl (C=O) groups excluding carboxylic acids is 1. The van der Waals surface area contributed by atoms with Crippen molar-refractivity contribution in [2.75, 3.05) is 6.61 Å². The van der Waals surface area contributed by atoms with Crippen LogP contribution in [0.2, 0.25) is 0 Å². The Labute approximate surface area is 233 Å². The van der Waals surface area contributed by atoms with E-state index in [1.54, 1.807) is 0 Å². The van der Waals surface area contributed by atoms with Crippen LogP contribution in [-0.4, -0.2) is 12.6 Å². The first-order valence-electron chi connectivity index (χ1n) is 15.7. The third-order valence-corrected chi connectivity index (χ3v) is 7.38. The van der Waals surface area contributed by atoms with Crippen molar-refractivity contribution < 1.29 is 14.3 Å². The summed E-state index contributed by atoms with van der Waals surface area (Å²) in [5.41, 5.74) is 3.35. The van der Waals surface area contributed by atoms with Crippen LogP contribution in [0.25, 0.3) is 11.1 Å². The van der Waals surface area contributed by atoms with E-state index in [1.807, 2.05) is 6.92 Å². The van der Waals surface area contributed by atoms with Crippen molar-refractivity contribution in [3.8, 4) is 16.9 Å². The minimum atomic E-state index is -0.224. The highest BCUT2D eigenvalue weighted by Crippen LogP contribution is 2.26. The Balaban J connectivity index is 1.63. The van der Waals surface area contributed by atoms with Crippen LogP contribution in [0, 0.1) is 0 Å². The number of hydrogen-bond acceptors (Lipinski definition) is 3. The molecule has 1 atom stereocenters. The summed E-state index contributed by atoms with van der Waals surface area (Å²) in [6.07, 6.45) is 20.7. The predicted molar refractivity (Wildman–Crippen MR) is 162 cm³/mol. The Kier molecular flexibility index (Phi) is 17.3. The van der Waals surface area contributed by atoms with E-state index in [0.29, 0.717) is 6.42 Å². The van der Waals surface area contributed by atoms with Gasteiger partial charge in [-0.2, -0.15) is 0 Å². The second-order valence-electron chi connectivity index (χ2n) is 10.8. The fourth-order valence-electron chi connectivity index (χ4n) is 4.84. The lowest BCUT2D eigenvalue weighted by Crippen LogP contribution is -2.08. The van der Waals surface area contributed by atoms with Gasteiger partial charge in [0.05, 0.1) is 6.61 Å². The molecule has 0 aromatic heterocycles. The number of esters is 1. The summed E-state index contributed by atoms with van der Waals surface area (Å²) in [6, 6.07) is 16.7. The van der Waals surface area contributed by atoms with Gasteiger partial charge in [-0.25, -0.2) is 0 Å². The van der Waals surface area contributed by atoms with E-state index in [9.17, 15) is 4.79 Å². The minimum absolute atomic E-state index is 0.0922. The first kappa shape index (κ1) is 31.9. The van der Waals surface area contributed by atoms with Gasteiger partial charge in [-0.1, -0.05) is 140 Å². The Morgan fingerprint density at radius 3 is 1.58 bits per heavy atom. The maximum atomic E-state index is 12.2. The number of rotatable bonds is 22. The minimum Gasteiger partial charge on any atom is -0.494 e. The summed E-state index contributed by atoms with van der Waals surface area (Å²) in [5.74, 6) is 0.845. The van der Waals surface area contributed by atoms with Gasteiger partial charge in [-0.15, -0.1) is 0 Å². The van der Waals surface area contributed by atoms with Crippen LogP contribution in [0.1, 0.15) is 142 Å². The highest BCUT2D eigenvalue weighted by Gasteiger charge is 2.12. The number of hydrogen-bond donors (Lipinski definition) is 0. The van der Waals surface area contributed by atoms with Crippen molar-refractivity contribution in [2.45, 2.75) is 136 Å². The molecule has 0 N–H and O–H groups in total. The molecule has 2 aromatic rings. The van der Waals surface area contributed by atoms with Crippen LogP contribution in [0.15, 0.2) is 48.5 Å². The molecule has 2 aromatic carbocycles.